The molecule has 120 valence electrons. The first-order valence-electron chi connectivity index (χ1n) is 8.11. The van der Waals surface area contributed by atoms with Crippen LogP contribution in [0.1, 0.15) is 31.9 Å². The number of pyridine rings is 1. The molecule has 3 heterocycles. The van der Waals surface area contributed by atoms with E-state index in [-0.39, 0.29) is 12.0 Å². The van der Waals surface area contributed by atoms with Crippen LogP contribution in [0.15, 0.2) is 30.6 Å². The topological polar surface area (TPSA) is 61.0 Å². The normalized spacial score (nSPS) is 26.6. The molecule has 5 heteroatoms. The minimum Gasteiger partial charge on any atom is -0.396 e. The van der Waals surface area contributed by atoms with Gasteiger partial charge >= 0.3 is 0 Å². The summed E-state index contributed by atoms with van der Waals surface area (Å²) in [5.74, 6) is 0. The van der Waals surface area contributed by atoms with Crippen LogP contribution in [0.25, 0.3) is 5.65 Å². The lowest BCUT2D eigenvalue weighted by Crippen LogP contribution is -2.52. The van der Waals surface area contributed by atoms with E-state index in [0.29, 0.717) is 6.54 Å². The second-order valence-electron chi connectivity index (χ2n) is 6.45. The highest BCUT2D eigenvalue weighted by Gasteiger charge is 2.41. The Morgan fingerprint density at radius 1 is 1.41 bits per heavy atom. The monoisotopic (exact) mass is 303 g/mol. The summed E-state index contributed by atoms with van der Waals surface area (Å²) in [6.45, 7) is 4.47. The summed E-state index contributed by atoms with van der Waals surface area (Å²) in [6.07, 6.45) is 6.17. The fourth-order valence-electron chi connectivity index (χ4n) is 3.60. The first-order valence-corrected chi connectivity index (χ1v) is 8.11. The molecule has 0 aromatic carbocycles. The van der Waals surface area contributed by atoms with Crippen molar-refractivity contribution in [1.82, 2.24) is 14.3 Å². The molecule has 2 N–H and O–H groups in total. The molecule has 1 aliphatic rings. The van der Waals surface area contributed by atoms with E-state index < -0.39 is 6.10 Å². The number of imidazole rings is 1. The first-order chi connectivity index (χ1) is 10.7. The highest BCUT2D eigenvalue weighted by molar-refractivity contribution is 5.39. The van der Waals surface area contributed by atoms with Crippen molar-refractivity contribution in [3.05, 3.63) is 36.3 Å². The largest absolute Gasteiger partial charge is 0.396 e. The Morgan fingerprint density at radius 2 is 2.27 bits per heavy atom. The van der Waals surface area contributed by atoms with Gasteiger partial charge in [0, 0.05) is 24.7 Å². The van der Waals surface area contributed by atoms with E-state index in [0.717, 1.165) is 43.7 Å². The van der Waals surface area contributed by atoms with E-state index in [9.17, 15) is 10.2 Å². The Labute approximate surface area is 131 Å². The van der Waals surface area contributed by atoms with E-state index in [1.54, 1.807) is 0 Å². The van der Waals surface area contributed by atoms with Crippen LogP contribution in [0, 0.1) is 5.41 Å². The molecule has 0 spiro atoms. The molecule has 0 unspecified atom stereocenters. The number of β-amino-alcohol motifs (C(OH)–C–C–N with tert-alkyl or cyclic N) is 1. The van der Waals surface area contributed by atoms with Crippen molar-refractivity contribution in [2.24, 2.45) is 5.41 Å². The van der Waals surface area contributed by atoms with Gasteiger partial charge in [-0.2, -0.15) is 0 Å². The average molecular weight is 303 g/mol. The van der Waals surface area contributed by atoms with Crippen molar-refractivity contribution in [1.29, 1.82) is 0 Å². The predicted molar refractivity (Wildman–Crippen MR) is 85.5 cm³/mol. The maximum atomic E-state index is 10.5. The van der Waals surface area contributed by atoms with Gasteiger partial charge < -0.3 is 14.6 Å². The number of nitrogens with zero attached hydrogens (tertiary/aromatic N) is 3. The summed E-state index contributed by atoms with van der Waals surface area (Å²) in [5, 5.41) is 20.3. The van der Waals surface area contributed by atoms with Crippen molar-refractivity contribution in [3.63, 3.8) is 0 Å². The van der Waals surface area contributed by atoms with E-state index in [2.05, 4.69) is 21.2 Å². The zero-order valence-electron chi connectivity index (χ0n) is 13.1. The summed E-state index contributed by atoms with van der Waals surface area (Å²) in [7, 11) is 0. The zero-order chi connectivity index (χ0) is 15.6. The molecule has 2 aromatic rings. The second-order valence-corrected chi connectivity index (χ2v) is 6.45. The molecule has 2 atom stereocenters. The molecule has 2 aromatic heterocycles. The molecule has 5 nitrogen and oxygen atoms in total. The maximum absolute atomic E-state index is 10.5. The standard InChI is InChI=1S/C17H25N3O2/c1-2-6-17(13-21)7-9-19(12-15(17)22)11-14-10-18-16-5-3-4-8-20(14)16/h3-5,8,10,15,21-22H,2,6-7,9,11-13H2,1H3/t15-,17+/m0/s1. The summed E-state index contributed by atoms with van der Waals surface area (Å²) in [6, 6.07) is 5.98. The van der Waals surface area contributed by atoms with Crippen molar-refractivity contribution >= 4 is 5.65 Å². The summed E-state index contributed by atoms with van der Waals surface area (Å²) in [4.78, 5) is 6.67. The van der Waals surface area contributed by atoms with Gasteiger partial charge in [0.25, 0.3) is 0 Å². The summed E-state index contributed by atoms with van der Waals surface area (Å²) >= 11 is 0. The van der Waals surface area contributed by atoms with Gasteiger partial charge in [0.2, 0.25) is 0 Å². The predicted octanol–water partition coefficient (Wildman–Crippen LogP) is 1.68. The molecule has 0 saturated carbocycles. The van der Waals surface area contributed by atoms with Crippen LogP contribution >= 0.6 is 0 Å². The molecule has 22 heavy (non-hydrogen) atoms. The van der Waals surface area contributed by atoms with Crippen LogP contribution in [0.3, 0.4) is 0 Å². The third-order valence-corrected chi connectivity index (χ3v) is 5.01. The number of hydrogen-bond acceptors (Lipinski definition) is 4. The molecular weight excluding hydrogens is 278 g/mol. The fourth-order valence-corrected chi connectivity index (χ4v) is 3.60. The number of likely N-dealkylation sites (tertiary alicyclic amines) is 1. The van der Waals surface area contributed by atoms with Crippen molar-refractivity contribution < 1.29 is 10.2 Å². The smallest absolute Gasteiger partial charge is 0.136 e. The van der Waals surface area contributed by atoms with E-state index >= 15 is 0 Å². The Bertz CT molecular complexity index is 627. The van der Waals surface area contributed by atoms with Gasteiger partial charge in [-0.25, -0.2) is 4.98 Å². The quantitative estimate of drug-likeness (QED) is 0.882. The molecule has 0 bridgehead atoms. The van der Waals surface area contributed by atoms with Gasteiger partial charge in [-0.1, -0.05) is 19.4 Å². The van der Waals surface area contributed by atoms with E-state index in [1.807, 2.05) is 30.6 Å². The third kappa shape index (κ3) is 2.76. The van der Waals surface area contributed by atoms with E-state index in [4.69, 9.17) is 0 Å². The van der Waals surface area contributed by atoms with Crippen molar-refractivity contribution in [2.75, 3.05) is 19.7 Å². The summed E-state index contributed by atoms with van der Waals surface area (Å²) < 4.78 is 2.09. The Balaban J connectivity index is 1.71. The second kappa shape index (κ2) is 6.36. The number of aliphatic hydroxyl groups excluding tert-OH is 2. The van der Waals surface area contributed by atoms with Crippen LogP contribution in [0.2, 0.25) is 0 Å². The van der Waals surface area contributed by atoms with Crippen LogP contribution in [-0.4, -0.2) is 50.3 Å². The average Bonchev–Trinajstić information content (AvgIpc) is 2.94. The molecule has 1 fully saturated rings. The van der Waals surface area contributed by atoms with Gasteiger partial charge in [-0.05, 0) is 31.5 Å². The lowest BCUT2D eigenvalue weighted by atomic mass is 9.73. The highest BCUT2D eigenvalue weighted by Crippen LogP contribution is 2.36. The highest BCUT2D eigenvalue weighted by atomic mass is 16.3. The fraction of sp³-hybridized carbons (Fsp3) is 0.588. The lowest BCUT2D eigenvalue weighted by Gasteiger charge is -2.44. The summed E-state index contributed by atoms with van der Waals surface area (Å²) in [5.41, 5.74) is 1.77. The number of rotatable bonds is 5. The van der Waals surface area contributed by atoms with Crippen molar-refractivity contribution in [3.8, 4) is 0 Å². The molecule has 0 amide bonds. The number of aromatic nitrogens is 2. The van der Waals surface area contributed by atoms with Crippen molar-refractivity contribution in [2.45, 2.75) is 38.8 Å². The molecule has 1 aliphatic heterocycles. The minimum absolute atomic E-state index is 0.0749. The molecular formula is C17H25N3O2. The van der Waals surface area contributed by atoms with Gasteiger partial charge in [-0.3, -0.25) is 4.90 Å². The van der Waals surface area contributed by atoms with Gasteiger partial charge in [0.1, 0.15) is 5.65 Å². The Hall–Kier alpha value is -1.43. The van der Waals surface area contributed by atoms with Gasteiger partial charge in [0.15, 0.2) is 0 Å². The third-order valence-electron chi connectivity index (χ3n) is 5.01. The van der Waals surface area contributed by atoms with Crippen LogP contribution in [-0.2, 0) is 6.54 Å². The molecule has 0 aliphatic carbocycles. The maximum Gasteiger partial charge on any atom is 0.136 e. The number of aliphatic hydroxyl groups is 2. The van der Waals surface area contributed by atoms with Crippen LogP contribution < -0.4 is 0 Å². The molecule has 3 rings (SSSR count). The molecule has 0 radical (unpaired) electrons. The van der Waals surface area contributed by atoms with Gasteiger partial charge in [-0.15, -0.1) is 0 Å². The number of hydrogen-bond donors (Lipinski definition) is 2. The Kier molecular flexibility index (Phi) is 4.47. The lowest BCUT2D eigenvalue weighted by molar-refractivity contribution is -0.0805. The van der Waals surface area contributed by atoms with Crippen LogP contribution in [0.4, 0.5) is 0 Å². The zero-order valence-corrected chi connectivity index (χ0v) is 13.1. The first kappa shape index (κ1) is 15.5. The Morgan fingerprint density at radius 3 is 3.00 bits per heavy atom. The molecule has 1 saturated heterocycles. The number of fused-ring (bicyclic) bond motifs is 1. The SMILES string of the molecule is CCC[C@]1(CO)CCN(Cc2cnc3ccccn23)C[C@@H]1O. The minimum atomic E-state index is -0.467. The van der Waals surface area contributed by atoms with Gasteiger partial charge in [0.05, 0.1) is 24.6 Å². The van der Waals surface area contributed by atoms with Crippen LogP contribution in [0.5, 0.6) is 0 Å². The number of piperidine rings is 1. The van der Waals surface area contributed by atoms with E-state index in [1.165, 1.54) is 0 Å².